The number of benzene rings is 2. The van der Waals surface area contributed by atoms with E-state index in [0.29, 0.717) is 25.1 Å². The zero-order valence-corrected chi connectivity index (χ0v) is 25.7. The van der Waals surface area contributed by atoms with Crippen molar-refractivity contribution in [3.8, 4) is 5.75 Å². The Morgan fingerprint density at radius 1 is 0.925 bits per heavy atom. The summed E-state index contributed by atoms with van der Waals surface area (Å²) in [6, 6.07) is 13.7. The summed E-state index contributed by atoms with van der Waals surface area (Å²) in [6.07, 6.45) is 8.13. The van der Waals surface area contributed by atoms with Crippen LogP contribution in [0.5, 0.6) is 5.75 Å². The van der Waals surface area contributed by atoms with E-state index >= 15 is 0 Å². The lowest BCUT2D eigenvalue weighted by Crippen LogP contribution is -3.00. The van der Waals surface area contributed by atoms with Gasteiger partial charge in [-0.3, -0.25) is 9.59 Å². The third-order valence-corrected chi connectivity index (χ3v) is 7.03. The Kier molecular flexibility index (Phi) is 18.7. The third kappa shape index (κ3) is 14.7. The summed E-state index contributed by atoms with van der Waals surface area (Å²) in [7, 11) is 0. The number of amides is 2. The van der Waals surface area contributed by atoms with Crippen LogP contribution in [0.3, 0.4) is 0 Å². The molecule has 0 unspecified atom stereocenters. The maximum absolute atomic E-state index is 13.0. The number of carbonyl (C=O) groups is 3. The first-order valence-electron chi connectivity index (χ1n) is 14.0. The summed E-state index contributed by atoms with van der Waals surface area (Å²) in [4.78, 5) is 37.6. The van der Waals surface area contributed by atoms with Crippen LogP contribution in [0.25, 0.3) is 0 Å². The lowest BCUT2D eigenvalue weighted by molar-refractivity contribution is -0.368. The van der Waals surface area contributed by atoms with Crippen molar-refractivity contribution in [1.29, 1.82) is 0 Å². The summed E-state index contributed by atoms with van der Waals surface area (Å²) in [5, 5.41) is 5.89. The fourth-order valence-corrected chi connectivity index (χ4v) is 4.38. The van der Waals surface area contributed by atoms with Gasteiger partial charge in [-0.05, 0) is 49.4 Å². The van der Waals surface area contributed by atoms with Crippen LogP contribution < -0.4 is 33.5 Å². The van der Waals surface area contributed by atoms with Gasteiger partial charge in [-0.1, -0.05) is 78.9 Å². The molecule has 0 saturated carbocycles. The van der Waals surface area contributed by atoms with E-state index in [-0.39, 0.29) is 30.8 Å². The molecule has 8 nitrogen and oxygen atoms in total. The first-order valence-corrected chi connectivity index (χ1v) is 14.8. The minimum absolute atomic E-state index is 0. The molecule has 0 heterocycles. The van der Waals surface area contributed by atoms with Gasteiger partial charge in [0.15, 0.2) is 0 Å². The molecule has 0 aliphatic rings. The second-order valence-electron chi connectivity index (χ2n) is 9.57. The van der Waals surface area contributed by atoms with E-state index in [2.05, 4.69) is 39.2 Å². The first kappa shape index (κ1) is 35.4. The van der Waals surface area contributed by atoms with E-state index < -0.39 is 12.2 Å². The zero-order valence-electron chi connectivity index (χ0n) is 23.4. The monoisotopic (exact) mass is 639 g/mol. The molecule has 0 aliphatic carbocycles. The highest BCUT2D eigenvalue weighted by atomic mass is 79.9. The molecule has 2 rings (SSSR count). The minimum Gasteiger partial charge on any atom is -1.00 e. The fourth-order valence-electron chi connectivity index (χ4n) is 3.99. The number of unbranched alkanes of at least 4 members (excludes halogenated alkanes) is 6. The van der Waals surface area contributed by atoms with Crippen LogP contribution >= 0.6 is 15.9 Å². The van der Waals surface area contributed by atoms with Gasteiger partial charge in [0.2, 0.25) is 11.8 Å². The second kappa shape index (κ2) is 21.2. The standard InChI is InChI=1S/C30H42BrN3O5.ClH/c1-2-3-4-5-11-20-33-29(36)27(34-28(35)14-7-6-10-19-32)21-23-15-17-25(18-16-23)39-30(37)38-22-24-12-8-9-13-26(24)31;/h8-9,12-13,15-18,27H,2-7,10-11,14,19-22,32H2,1H3,(H,33,36)(H,34,35);1H/t27-;/m0./s1. The molecule has 0 aliphatic heterocycles. The van der Waals surface area contributed by atoms with E-state index in [0.717, 1.165) is 60.7 Å². The van der Waals surface area contributed by atoms with Crippen molar-refractivity contribution in [3.63, 3.8) is 0 Å². The van der Waals surface area contributed by atoms with Crippen molar-refractivity contribution in [2.24, 2.45) is 0 Å². The summed E-state index contributed by atoms with van der Waals surface area (Å²) >= 11 is 3.42. The van der Waals surface area contributed by atoms with E-state index in [1.54, 1.807) is 24.3 Å². The summed E-state index contributed by atoms with van der Waals surface area (Å²) in [5.74, 6) is 0.0147. The van der Waals surface area contributed by atoms with Crippen molar-refractivity contribution in [2.45, 2.75) is 83.8 Å². The number of hydrogen-bond acceptors (Lipinski definition) is 5. The van der Waals surface area contributed by atoms with Gasteiger partial charge in [-0.25, -0.2) is 4.79 Å². The van der Waals surface area contributed by atoms with Crippen molar-refractivity contribution in [3.05, 3.63) is 64.1 Å². The molecule has 5 N–H and O–H groups in total. The largest absolute Gasteiger partial charge is 1.00 e. The molecule has 2 aromatic rings. The van der Waals surface area contributed by atoms with Crippen LogP contribution in [0, 0.1) is 0 Å². The Morgan fingerprint density at radius 2 is 1.62 bits per heavy atom. The highest BCUT2D eigenvalue weighted by molar-refractivity contribution is 9.10. The molecular formula is C30H43BrClN3O5. The number of carbonyl (C=O) groups excluding carboxylic acids is 3. The highest BCUT2D eigenvalue weighted by Gasteiger charge is 2.21. The molecule has 2 aromatic carbocycles. The van der Waals surface area contributed by atoms with E-state index in [1.807, 2.05) is 24.3 Å². The molecule has 0 fully saturated rings. The van der Waals surface area contributed by atoms with Gasteiger partial charge in [0.05, 0.1) is 6.54 Å². The smallest absolute Gasteiger partial charge is 0.514 e. The second-order valence-corrected chi connectivity index (χ2v) is 10.4. The Bertz CT molecular complexity index is 1020. The summed E-state index contributed by atoms with van der Waals surface area (Å²) < 4.78 is 11.3. The Morgan fingerprint density at radius 3 is 2.33 bits per heavy atom. The maximum Gasteiger partial charge on any atom is 0.514 e. The first-order chi connectivity index (χ1) is 18.9. The number of hydrogen-bond donors (Lipinski definition) is 3. The molecule has 10 heteroatoms. The van der Waals surface area contributed by atoms with Crippen LogP contribution in [0.4, 0.5) is 4.79 Å². The number of quaternary nitrogens is 1. The predicted molar refractivity (Wildman–Crippen MR) is 155 cm³/mol. The van der Waals surface area contributed by atoms with Crippen LogP contribution in [0.1, 0.15) is 75.8 Å². The highest BCUT2D eigenvalue weighted by Crippen LogP contribution is 2.18. The van der Waals surface area contributed by atoms with Crippen molar-refractivity contribution < 1.29 is 42.0 Å². The molecule has 1 atom stereocenters. The average Bonchev–Trinajstić information content (AvgIpc) is 2.93. The summed E-state index contributed by atoms with van der Waals surface area (Å²) in [5.41, 5.74) is 5.50. The van der Waals surface area contributed by atoms with Crippen LogP contribution in [-0.4, -0.2) is 37.1 Å². The molecule has 2 amide bonds. The van der Waals surface area contributed by atoms with Gasteiger partial charge in [-0.2, -0.15) is 0 Å². The Labute approximate surface area is 252 Å². The van der Waals surface area contributed by atoms with Crippen molar-refractivity contribution in [1.82, 2.24) is 10.6 Å². The molecule has 222 valence electrons. The van der Waals surface area contributed by atoms with Crippen LogP contribution in [0.15, 0.2) is 53.0 Å². The number of rotatable bonds is 18. The van der Waals surface area contributed by atoms with E-state index in [4.69, 9.17) is 9.47 Å². The van der Waals surface area contributed by atoms with Gasteiger partial charge in [0.25, 0.3) is 0 Å². The summed E-state index contributed by atoms with van der Waals surface area (Å²) in [6.45, 7) is 3.70. The predicted octanol–water partition coefficient (Wildman–Crippen LogP) is 2.08. The normalized spacial score (nSPS) is 11.2. The van der Waals surface area contributed by atoms with Gasteiger partial charge in [0.1, 0.15) is 18.4 Å². The van der Waals surface area contributed by atoms with Gasteiger partial charge >= 0.3 is 6.16 Å². The molecule has 0 spiro atoms. The molecular weight excluding hydrogens is 598 g/mol. The Balaban J connectivity index is 0.00000800. The molecule has 40 heavy (non-hydrogen) atoms. The number of halogens is 2. The van der Waals surface area contributed by atoms with Gasteiger partial charge in [0, 0.05) is 29.4 Å². The van der Waals surface area contributed by atoms with Crippen LogP contribution in [0.2, 0.25) is 0 Å². The lowest BCUT2D eigenvalue weighted by atomic mass is 10.0. The van der Waals surface area contributed by atoms with Crippen molar-refractivity contribution >= 4 is 33.9 Å². The zero-order chi connectivity index (χ0) is 28.3. The van der Waals surface area contributed by atoms with E-state index in [9.17, 15) is 14.4 Å². The van der Waals surface area contributed by atoms with Crippen LogP contribution in [-0.2, 0) is 27.4 Å². The minimum atomic E-state index is -0.805. The topological polar surface area (TPSA) is 121 Å². The third-order valence-electron chi connectivity index (χ3n) is 6.25. The molecule has 0 aromatic heterocycles. The average molecular weight is 641 g/mol. The maximum atomic E-state index is 13.0. The van der Waals surface area contributed by atoms with Gasteiger partial charge < -0.3 is 38.2 Å². The quantitative estimate of drug-likeness (QED) is 0.131. The van der Waals surface area contributed by atoms with Gasteiger partial charge in [-0.15, -0.1) is 0 Å². The SMILES string of the molecule is CCCCCCCNC(=O)[C@H](Cc1ccc(OC(=O)OCc2ccccc2Br)cc1)NC(=O)CCCCC[NH3+].[Cl-]. The number of ether oxygens (including phenoxy) is 2. The molecule has 0 saturated heterocycles. The van der Waals surface area contributed by atoms with Crippen molar-refractivity contribution in [2.75, 3.05) is 13.1 Å². The fraction of sp³-hybridized carbons (Fsp3) is 0.500. The molecule has 0 bridgehead atoms. The lowest BCUT2D eigenvalue weighted by Gasteiger charge is -2.19. The number of nitrogens with one attached hydrogen (secondary N) is 2. The molecule has 0 radical (unpaired) electrons. The Hall–Kier alpha value is -2.62. The van der Waals surface area contributed by atoms with E-state index in [1.165, 1.54) is 12.8 Å².